The first-order valence-electron chi connectivity index (χ1n) is 6.29. The molecule has 0 spiro atoms. The third kappa shape index (κ3) is 6.09. The molecule has 2 atom stereocenters. The van der Waals surface area contributed by atoms with Crippen molar-refractivity contribution in [3.05, 3.63) is 0 Å². The second-order valence-corrected chi connectivity index (χ2v) is 4.63. The summed E-state index contributed by atoms with van der Waals surface area (Å²) in [6, 6.07) is 2.23. The summed E-state index contributed by atoms with van der Waals surface area (Å²) in [5, 5.41) is 11.9. The van der Waals surface area contributed by atoms with Gasteiger partial charge in [-0.05, 0) is 26.3 Å². The predicted molar refractivity (Wildman–Crippen MR) is 67.2 cm³/mol. The molecule has 0 heterocycles. The third-order valence-corrected chi connectivity index (χ3v) is 3.09. The Labute approximate surface area is 100 Å². The highest BCUT2D eigenvalue weighted by Crippen LogP contribution is 2.13. The van der Waals surface area contributed by atoms with Gasteiger partial charge < -0.3 is 10.1 Å². The number of ether oxygens (including phenoxy) is 1. The molecule has 16 heavy (non-hydrogen) atoms. The second-order valence-electron chi connectivity index (χ2n) is 4.63. The number of unbranched alkanes of at least 4 members (excludes halogenated alkanes) is 1. The molecule has 0 saturated carbocycles. The van der Waals surface area contributed by atoms with E-state index in [1.54, 1.807) is 7.05 Å². The van der Waals surface area contributed by atoms with E-state index in [4.69, 9.17) is 10.00 Å². The number of nitriles is 1. The minimum atomic E-state index is -0.553. The molecule has 0 aliphatic heterocycles. The van der Waals surface area contributed by atoms with Crippen LogP contribution in [-0.4, -0.2) is 25.8 Å². The van der Waals surface area contributed by atoms with E-state index in [9.17, 15) is 0 Å². The highest BCUT2D eigenvalue weighted by molar-refractivity contribution is 5.02. The van der Waals surface area contributed by atoms with Crippen LogP contribution >= 0.6 is 0 Å². The molecule has 0 bridgehead atoms. The van der Waals surface area contributed by atoms with Crippen LogP contribution in [0.5, 0.6) is 0 Å². The number of hydrogen-bond donors (Lipinski definition) is 1. The van der Waals surface area contributed by atoms with Crippen molar-refractivity contribution in [3.8, 4) is 6.07 Å². The van der Waals surface area contributed by atoms with E-state index in [2.05, 4.69) is 25.2 Å². The average Bonchev–Trinajstić information content (AvgIpc) is 2.33. The molecule has 0 aromatic carbocycles. The number of hydrogen-bond acceptors (Lipinski definition) is 3. The first-order valence-corrected chi connectivity index (χ1v) is 6.29. The Hall–Kier alpha value is -0.590. The van der Waals surface area contributed by atoms with Crippen molar-refractivity contribution < 1.29 is 4.74 Å². The Morgan fingerprint density at radius 1 is 1.44 bits per heavy atom. The van der Waals surface area contributed by atoms with E-state index in [0.29, 0.717) is 12.5 Å². The zero-order valence-electron chi connectivity index (χ0n) is 11.2. The monoisotopic (exact) mass is 226 g/mol. The van der Waals surface area contributed by atoms with Crippen LogP contribution in [0.4, 0.5) is 0 Å². The van der Waals surface area contributed by atoms with Crippen LogP contribution < -0.4 is 5.32 Å². The number of likely N-dealkylation sites (N-methyl/N-ethyl adjacent to an activating group) is 1. The van der Waals surface area contributed by atoms with Gasteiger partial charge >= 0.3 is 0 Å². The van der Waals surface area contributed by atoms with Crippen LogP contribution in [0.15, 0.2) is 0 Å². The van der Waals surface area contributed by atoms with Gasteiger partial charge in [0.05, 0.1) is 12.7 Å². The maximum atomic E-state index is 8.96. The van der Waals surface area contributed by atoms with Gasteiger partial charge in [-0.3, -0.25) is 0 Å². The van der Waals surface area contributed by atoms with Gasteiger partial charge in [0.15, 0.2) is 0 Å². The minimum Gasteiger partial charge on any atom is -0.378 e. The Bertz CT molecular complexity index is 212. The van der Waals surface area contributed by atoms with Gasteiger partial charge in [0.25, 0.3) is 0 Å². The Morgan fingerprint density at radius 2 is 2.12 bits per heavy atom. The lowest BCUT2D eigenvalue weighted by Gasteiger charge is -2.22. The summed E-state index contributed by atoms with van der Waals surface area (Å²) >= 11 is 0. The molecule has 3 nitrogen and oxygen atoms in total. The van der Waals surface area contributed by atoms with Crippen molar-refractivity contribution in [3.63, 3.8) is 0 Å². The molecule has 0 aromatic heterocycles. The Balaban J connectivity index is 3.82. The summed E-state index contributed by atoms with van der Waals surface area (Å²) in [5.74, 6) is 0.639. The molecule has 0 rings (SSSR count). The molecule has 1 N–H and O–H groups in total. The zero-order valence-corrected chi connectivity index (χ0v) is 11.2. The Kier molecular flexibility index (Phi) is 8.23. The van der Waals surface area contributed by atoms with Gasteiger partial charge in [0.2, 0.25) is 0 Å². The van der Waals surface area contributed by atoms with Crippen molar-refractivity contribution in [1.82, 2.24) is 5.32 Å². The predicted octanol–water partition coefficient (Wildman–Crippen LogP) is 2.72. The maximum absolute atomic E-state index is 8.96. The molecule has 0 fully saturated rings. The van der Waals surface area contributed by atoms with Crippen molar-refractivity contribution in [2.24, 2.45) is 5.92 Å². The lowest BCUT2D eigenvalue weighted by molar-refractivity contribution is 0.0663. The molecule has 0 radical (unpaired) electrons. The summed E-state index contributed by atoms with van der Waals surface area (Å²) in [4.78, 5) is 0. The molecule has 0 aliphatic rings. The molecule has 0 saturated heterocycles. The van der Waals surface area contributed by atoms with Gasteiger partial charge in [-0.25, -0.2) is 0 Å². The van der Waals surface area contributed by atoms with Crippen LogP contribution in [0, 0.1) is 17.2 Å². The van der Waals surface area contributed by atoms with Gasteiger partial charge in [0, 0.05) is 6.61 Å². The minimum absolute atomic E-state index is 0.461. The normalized spacial score (nSPS) is 16.4. The van der Waals surface area contributed by atoms with E-state index in [1.807, 2.05) is 6.92 Å². The van der Waals surface area contributed by atoms with E-state index in [1.165, 1.54) is 19.3 Å². The van der Waals surface area contributed by atoms with E-state index < -0.39 is 5.54 Å². The molecule has 0 aliphatic carbocycles. The smallest absolute Gasteiger partial charge is 0.127 e. The molecule has 94 valence electrons. The topological polar surface area (TPSA) is 45.0 Å². The Morgan fingerprint density at radius 3 is 2.56 bits per heavy atom. The first kappa shape index (κ1) is 15.4. The van der Waals surface area contributed by atoms with Gasteiger partial charge in [0.1, 0.15) is 5.54 Å². The fourth-order valence-electron chi connectivity index (χ4n) is 1.49. The SMILES string of the molecule is CCCCC(CC)COCC(C)(C#N)NC. The lowest BCUT2D eigenvalue weighted by atomic mass is 10.0. The van der Waals surface area contributed by atoms with Crippen molar-refractivity contribution >= 4 is 0 Å². The summed E-state index contributed by atoms with van der Waals surface area (Å²) < 4.78 is 5.65. The number of rotatable bonds is 9. The summed E-state index contributed by atoms with van der Waals surface area (Å²) in [6.07, 6.45) is 4.89. The standard InChI is InChI=1S/C13H26N2O/c1-5-7-8-12(6-2)9-16-11-13(3,10-14)15-4/h12,15H,5-9,11H2,1-4H3. The van der Waals surface area contributed by atoms with Gasteiger partial charge in [-0.15, -0.1) is 0 Å². The summed E-state index contributed by atoms with van der Waals surface area (Å²) in [7, 11) is 1.79. The summed E-state index contributed by atoms with van der Waals surface area (Å²) in [6.45, 7) is 7.50. The van der Waals surface area contributed by atoms with E-state index in [-0.39, 0.29) is 0 Å². The molecule has 3 heteroatoms. The highest BCUT2D eigenvalue weighted by Gasteiger charge is 2.21. The van der Waals surface area contributed by atoms with Crippen molar-refractivity contribution in [2.45, 2.75) is 52.0 Å². The summed E-state index contributed by atoms with van der Waals surface area (Å²) in [5.41, 5.74) is -0.553. The molecule has 0 amide bonds. The van der Waals surface area contributed by atoms with Crippen LogP contribution in [0.1, 0.15) is 46.5 Å². The van der Waals surface area contributed by atoms with E-state index >= 15 is 0 Å². The zero-order chi connectivity index (χ0) is 12.4. The van der Waals surface area contributed by atoms with Crippen molar-refractivity contribution in [1.29, 1.82) is 5.26 Å². The lowest BCUT2D eigenvalue weighted by Crippen LogP contribution is -2.43. The van der Waals surface area contributed by atoms with Crippen LogP contribution in [0.2, 0.25) is 0 Å². The number of nitrogens with one attached hydrogen (secondary N) is 1. The van der Waals surface area contributed by atoms with Gasteiger partial charge in [-0.2, -0.15) is 5.26 Å². The van der Waals surface area contributed by atoms with E-state index in [0.717, 1.165) is 13.0 Å². The molecular formula is C13H26N2O. The first-order chi connectivity index (χ1) is 7.61. The average molecular weight is 226 g/mol. The molecule has 2 unspecified atom stereocenters. The van der Waals surface area contributed by atoms with Crippen LogP contribution in [-0.2, 0) is 4.74 Å². The van der Waals surface area contributed by atoms with Crippen LogP contribution in [0.25, 0.3) is 0 Å². The maximum Gasteiger partial charge on any atom is 0.127 e. The second kappa shape index (κ2) is 8.55. The van der Waals surface area contributed by atoms with Crippen molar-refractivity contribution in [2.75, 3.05) is 20.3 Å². The third-order valence-electron chi connectivity index (χ3n) is 3.09. The molecule has 0 aromatic rings. The fourth-order valence-corrected chi connectivity index (χ4v) is 1.49. The molecular weight excluding hydrogens is 200 g/mol. The van der Waals surface area contributed by atoms with Gasteiger partial charge in [-0.1, -0.05) is 33.1 Å². The number of nitrogens with zero attached hydrogens (tertiary/aromatic N) is 1. The highest BCUT2D eigenvalue weighted by atomic mass is 16.5. The van der Waals surface area contributed by atoms with Crippen LogP contribution in [0.3, 0.4) is 0 Å². The largest absolute Gasteiger partial charge is 0.378 e. The quantitative estimate of drug-likeness (QED) is 0.657. The fraction of sp³-hybridized carbons (Fsp3) is 0.923.